The number of rotatable bonds is 3. The second kappa shape index (κ2) is 6.40. The van der Waals surface area contributed by atoms with Gasteiger partial charge in [-0.15, -0.1) is 0 Å². The van der Waals surface area contributed by atoms with E-state index >= 15 is 0 Å². The van der Waals surface area contributed by atoms with Gasteiger partial charge in [0.05, 0.1) is 0 Å². The van der Waals surface area contributed by atoms with E-state index in [-0.39, 0.29) is 6.61 Å². The minimum Gasteiger partial charge on any atom is -0.481 e. The molecule has 0 aromatic heterocycles. The third-order valence-corrected chi connectivity index (χ3v) is 1.96. The summed E-state index contributed by atoms with van der Waals surface area (Å²) in [6.45, 7) is 1.74. The van der Waals surface area contributed by atoms with Crippen molar-refractivity contribution in [1.82, 2.24) is 5.06 Å². The first-order valence-corrected chi connectivity index (χ1v) is 5.05. The number of nitrogens with zero attached hydrogens (tertiary/aromatic N) is 1. The average molecular weight is 234 g/mol. The number of benzene rings is 1. The van der Waals surface area contributed by atoms with E-state index in [2.05, 4.69) is 11.8 Å². The van der Waals surface area contributed by atoms with Crippen LogP contribution in [0.3, 0.4) is 0 Å². The molecule has 0 heterocycles. The van der Waals surface area contributed by atoms with Gasteiger partial charge in [0.15, 0.2) is 0 Å². The Morgan fingerprint density at radius 2 is 2.18 bits per heavy atom. The average Bonchev–Trinajstić information content (AvgIpc) is 2.34. The first-order valence-electron chi connectivity index (χ1n) is 5.05. The predicted molar refractivity (Wildman–Crippen MR) is 62.4 cm³/mol. The lowest BCUT2D eigenvalue weighted by atomic mass is 10.3. The number of para-hydroxylation sites is 1. The highest BCUT2D eigenvalue weighted by atomic mass is 16.5. The maximum Gasteiger partial charge on any atom is 0.339 e. The number of urea groups is 1. The predicted octanol–water partition coefficient (Wildman–Crippen LogP) is 1.23. The summed E-state index contributed by atoms with van der Waals surface area (Å²) in [5, 5.41) is 9.50. The van der Waals surface area contributed by atoms with Gasteiger partial charge >= 0.3 is 6.03 Å². The van der Waals surface area contributed by atoms with E-state index in [1.165, 1.54) is 0 Å². The zero-order valence-corrected chi connectivity index (χ0v) is 9.46. The van der Waals surface area contributed by atoms with Crippen LogP contribution in [0.2, 0.25) is 0 Å². The largest absolute Gasteiger partial charge is 0.481 e. The summed E-state index contributed by atoms with van der Waals surface area (Å²) >= 11 is 0. The van der Waals surface area contributed by atoms with Gasteiger partial charge in [0.1, 0.15) is 18.4 Å². The second-order valence-electron chi connectivity index (χ2n) is 3.28. The van der Waals surface area contributed by atoms with Crippen LogP contribution in [-0.2, 0) is 0 Å². The number of hydrogen-bond acceptors (Lipinski definition) is 3. The molecule has 2 amide bonds. The summed E-state index contributed by atoms with van der Waals surface area (Å²) in [4.78, 5) is 10.6. The van der Waals surface area contributed by atoms with Gasteiger partial charge < -0.3 is 10.5 Å². The van der Waals surface area contributed by atoms with Crippen LogP contribution in [0, 0.1) is 11.8 Å². The Kier molecular flexibility index (Phi) is 4.85. The third kappa shape index (κ3) is 4.45. The molecule has 0 fully saturated rings. The molecule has 0 radical (unpaired) electrons. The van der Waals surface area contributed by atoms with Crippen LogP contribution >= 0.6 is 0 Å². The second-order valence-corrected chi connectivity index (χ2v) is 3.28. The standard InChI is InChI=1S/C12H14N2O3/c1-10(14(16)12(13)15)6-5-9-17-11-7-3-2-4-8-11/h2-4,7-8,10,16H,9H2,1H3,(H2,13,15). The maximum atomic E-state index is 10.6. The summed E-state index contributed by atoms with van der Waals surface area (Å²) in [6.07, 6.45) is 0. The third-order valence-electron chi connectivity index (χ3n) is 1.96. The summed E-state index contributed by atoms with van der Waals surface area (Å²) in [5.41, 5.74) is 4.87. The van der Waals surface area contributed by atoms with Crippen molar-refractivity contribution in [1.29, 1.82) is 0 Å². The Morgan fingerprint density at radius 1 is 1.53 bits per heavy atom. The topological polar surface area (TPSA) is 75.8 Å². The quantitative estimate of drug-likeness (QED) is 0.469. The van der Waals surface area contributed by atoms with Gasteiger partial charge in [-0.25, -0.2) is 4.79 Å². The number of carbonyl (C=O) groups is 1. The Bertz CT molecular complexity index is 422. The van der Waals surface area contributed by atoms with Gasteiger partial charge in [0, 0.05) is 0 Å². The summed E-state index contributed by atoms with van der Waals surface area (Å²) in [5.74, 6) is 6.03. The molecule has 1 unspecified atom stereocenters. The minimum absolute atomic E-state index is 0.182. The number of hydroxylamine groups is 2. The molecular formula is C12H14N2O3. The normalized spacial score (nSPS) is 10.9. The molecule has 0 spiro atoms. The molecule has 5 nitrogen and oxygen atoms in total. The van der Waals surface area contributed by atoms with Crippen molar-refractivity contribution in [2.45, 2.75) is 13.0 Å². The highest BCUT2D eigenvalue weighted by Crippen LogP contribution is 2.07. The van der Waals surface area contributed by atoms with Crippen molar-refractivity contribution in [3.63, 3.8) is 0 Å². The highest BCUT2D eigenvalue weighted by Gasteiger charge is 2.11. The van der Waals surface area contributed by atoms with Crippen molar-refractivity contribution in [2.24, 2.45) is 5.73 Å². The van der Waals surface area contributed by atoms with Gasteiger partial charge in [0.25, 0.3) is 0 Å². The van der Waals surface area contributed by atoms with Gasteiger partial charge in [0.2, 0.25) is 0 Å². The van der Waals surface area contributed by atoms with Crippen molar-refractivity contribution in [3.8, 4) is 17.6 Å². The van der Waals surface area contributed by atoms with Gasteiger partial charge in [-0.3, -0.25) is 5.21 Å². The van der Waals surface area contributed by atoms with E-state index in [0.29, 0.717) is 10.8 Å². The molecule has 0 aliphatic carbocycles. The minimum atomic E-state index is -0.934. The zero-order valence-electron chi connectivity index (χ0n) is 9.46. The number of nitrogens with two attached hydrogens (primary N) is 1. The number of amides is 2. The monoisotopic (exact) mass is 234 g/mol. The number of carbonyl (C=O) groups excluding carboxylic acids is 1. The summed E-state index contributed by atoms with van der Waals surface area (Å²) in [6, 6.07) is 7.63. The van der Waals surface area contributed by atoms with Gasteiger partial charge in [-0.2, -0.15) is 5.06 Å². The SMILES string of the molecule is CC(C#CCOc1ccccc1)N(O)C(N)=O. The lowest BCUT2D eigenvalue weighted by molar-refractivity contribution is -0.0537. The fourth-order valence-electron chi connectivity index (χ4n) is 1.08. The molecular weight excluding hydrogens is 220 g/mol. The Hall–Kier alpha value is -2.19. The Morgan fingerprint density at radius 3 is 2.76 bits per heavy atom. The molecule has 17 heavy (non-hydrogen) atoms. The lowest BCUT2D eigenvalue weighted by Crippen LogP contribution is -2.38. The Balaban J connectivity index is 2.39. The fourth-order valence-corrected chi connectivity index (χ4v) is 1.08. The molecule has 0 aliphatic heterocycles. The van der Waals surface area contributed by atoms with E-state index in [9.17, 15) is 4.79 Å². The molecule has 0 saturated carbocycles. The van der Waals surface area contributed by atoms with Crippen LogP contribution in [0.5, 0.6) is 5.75 Å². The van der Waals surface area contributed by atoms with Crippen LogP contribution in [-0.4, -0.2) is 29.0 Å². The fraction of sp³-hybridized carbons (Fsp3) is 0.250. The first-order chi connectivity index (χ1) is 8.11. The van der Waals surface area contributed by atoms with Crippen LogP contribution in [0.25, 0.3) is 0 Å². The molecule has 5 heteroatoms. The summed E-state index contributed by atoms with van der Waals surface area (Å²) in [7, 11) is 0. The molecule has 1 aromatic rings. The molecule has 0 bridgehead atoms. The number of ether oxygens (including phenoxy) is 1. The molecule has 1 aromatic carbocycles. The lowest BCUT2D eigenvalue weighted by Gasteiger charge is -2.14. The van der Waals surface area contributed by atoms with Gasteiger partial charge in [-0.1, -0.05) is 30.0 Å². The maximum absolute atomic E-state index is 10.6. The molecule has 1 atom stereocenters. The number of primary amides is 1. The van der Waals surface area contributed by atoms with Crippen LogP contribution in [0.4, 0.5) is 4.79 Å². The van der Waals surface area contributed by atoms with E-state index < -0.39 is 12.1 Å². The smallest absolute Gasteiger partial charge is 0.339 e. The van der Waals surface area contributed by atoms with Crippen molar-refractivity contribution in [3.05, 3.63) is 30.3 Å². The first kappa shape index (κ1) is 12.9. The highest BCUT2D eigenvalue weighted by molar-refractivity contribution is 5.71. The van der Waals surface area contributed by atoms with Crippen molar-refractivity contribution >= 4 is 6.03 Å². The van der Waals surface area contributed by atoms with E-state index in [4.69, 9.17) is 15.7 Å². The number of hydrogen-bond donors (Lipinski definition) is 2. The molecule has 0 aliphatic rings. The molecule has 1 rings (SSSR count). The van der Waals surface area contributed by atoms with Crippen LogP contribution < -0.4 is 10.5 Å². The van der Waals surface area contributed by atoms with Gasteiger partial charge in [-0.05, 0) is 19.1 Å². The van der Waals surface area contributed by atoms with E-state index in [0.717, 1.165) is 0 Å². The molecule has 90 valence electrons. The summed E-state index contributed by atoms with van der Waals surface area (Å²) < 4.78 is 5.31. The molecule has 0 saturated heterocycles. The van der Waals surface area contributed by atoms with Crippen molar-refractivity contribution < 1.29 is 14.7 Å². The van der Waals surface area contributed by atoms with E-state index in [1.807, 2.05) is 30.3 Å². The Labute approximate surface area is 99.7 Å². The van der Waals surface area contributed by atoms with E-state index in [1.54, 1.807) is 6.92 Å². The zero-order chi connectivity index (χ0) is 12.7. The van der Waals surface area contributed by atoms with Crippen LogP contribution in [0.15, 0.2) is 30.3 Å². The van der Waals surface area contributed by atoms with Crippen LogP contribution in [0.1, 0.15) is 6.92 Å². The van der Waals surface area contributed by atoms with Crippen molar-refractivity contribution in [2.75, 3.05) is 6.61 Å². The molecule has 3 N–H and O–H groups in total.